The van der Waals surface area contributed by atoms with Gasteiger partial charge in [-0.3, -0.25) is 4.79 Å². The van der Waals surface area contributed by atoms with Gasteiger partial charge in [0.05, 0.1) is 17.4 Å². The number of hydrogen-bond donors (Lipinski definition) is 2. The molecule has 2 unspecified atom stereocenters. The molecule has 2 bridgehead atoms. The number of ether oxygens (including phenoxy) is 3. The predicted octanol–water partition coefficient (Wildman–Crippen LogP) is 2.52. The largest absolute Gasteiger partial charge is 0.504 e. The first-order valence-corrected chi connectivity index (χ1v) is 11.9. The zero-order chi connectivity index (χ0) is 22.9. The molecule has 2 fully saturated rings. The first-order valence-electron chi connectivity index (χ1n) is 11.9. The number of nitrogens with one attached hydrogen (secondary N) is 1. The molecule has 7 nitrogen and oxygen atoms in total. The van der Waals surface area contributed by atoms with E-state index in [0.717, 1.165) is 37.8 Å². The topological polar surface area (TPSA) is 80.3 Å². The van der Waals surface area contributed by atoms with Crippen molar-refractivity contribution in [2.75, 3.05) is 27.2 Å². The zero-order valence-corrected chi connectivity index (χ0v) is 19.9. The Morgan fingerprint density at radius 3 is 2.84 bits per heavy atom. The number of carbonyl (C=O) groups excluding carboxylic acids is 1. The second-order valence-corrected chi connectivity index (χ2v) is 10.9. The third-order valence-electron chi connectivity index (χ3n) is 8.21. The molecule has 1 spiro atoms. The first kappa shape index (κ1) is 22.0. The Hall–Kier alpha value is -1.83. The van der Waals surface area contributed by atoms with E-state index < -0.39 is 5.60 Å². The van der Waals surface area contributed by atoms with Gasteiger partial charge in [-0.1, -0.05) is 6.07 Å². The van der Waals surface area contributed by atoms with Crippen LogP contribution < -0.4 is 10.1 Å². The van der Waals surface area contributed by atoms with Gasteiger partial charge >= 0.3 is 5.97 Å². The minimum Gasteiger partial charge on any atom is -0.504 e. The molecule has 32 heavy (non-hydrogen) atoms. The number of aromatic hydroxyl groups is 1. The first-order chi connectivity index (χ1) is 15.1. The Morgan fingerprint density at radius 2 is 2.12 bits per heavy atom. The van der Waals surface area contributed by atoms with Gasteiger partial charge < -0.3 is 29.5 Å². The molecule has 0 amide bonds. The van der Waals surface area contributed by atoms with Gasteiger partial charge in [0.25, 0.3) is 0 Å². The second-order valence-electron chi connectivity index (χ2n) is 10.9. The summed E-state index contributed by atoms with van der Waals surface area (Å²) < 4.78 is 18.5. The highest BCUT2D eigenvalue weighted by Gasteiger charge is 2.73. The van der Waals surface area contributed by atoms with Crippen LogP contribution in [-0.2, 0) is 26.1 Å². The smallest absolute Gasteiger partial charge is 0.307 e. The van der Waals surface area contributed by atoms with E-state index in [-0.39, 0.29) is 40.9 Å². The Labute approximate surface area is 190 Å². The van der Waals surface area contributed by atoms with Crippen molar-refractivity contribution in [2.24, 2.45) is 0 Å². The number of benzene rings is 1. The standard InChI is InChI=1S/C25H36N2O5/c1-23(2,3)32-19(29)9-12-26-16-8-10-25(30-5)18-14-15-6-7-17(28)21-20(15)24(25,22(16)31-21)11-13-27(18)4/h6-7,16,18,22,26,28H,8-14H2,1-5H3/t16?,18?,22-,24-,25+/m0/s1. The highest BCUT2D eigenvalue weighted by Crippen LogP contribution is 2.66. The molecule has 2 aliphatic carbocycles. The number of nitrogens with zero attached hydrogens (tertiary/aromatic N) is 1. The van der Waals surface area contributed by atoms with Crippen LogP contribution in [0, 0.1) is 0 Å². The summed E-state index contributed by atoms with van der Waals surface area (Å²) in [5, 5.41) is 14.3. The number of piperidine rings is 1. The Balaban J connectivity index is 1.46. The van der Waals surface area contributed by atoms with Gasteiger partial charge in [0.15, 0.2) is 11.5 Å². The van der Waals surface area contributed by atoms with Gasteiger partial charge in [-0.05, 0) is 71.7 Å². The second kappa shape index (κ2) is 7.34. The van der Waals surface area contributed by atoms with Crippen molar-refractivity contribution in [1.29, 1.82) is 0 Å². The number of likely N-dealkylation sites (N-methyl/N-ethyl adjacent to an activating group) is 1. The minimum atomic E-state index is -0.478. The molecule has 7 heteroatoms. The van der Waals surface area contributed by atoms with Crippen LogP contribution in [-0.4, -0.2) is 72.6 Å². The summed E-state index contributed by atoms with van der Waals surface area (Å²) in [7, 11) is 4.04. The normalized spacial score (nSPS) is 35.2. The number of methoxy groups -OCH3 is 1. The van der Waals surface area contributed by atoms with E-state index in [1.807, 2.05) is 27.9 Å². The molecule has 2 N–H and O–H groups in total. The number of rotatable bonds is 5. The molecule has 2 heterocycles. The third kappa shape index (κ3) is 2.94. The van der Waals surface area contributed by atoms with E-state index in [4.69, 9.17) is 14.2 Å². The number of hydrogen-bond acceptors (Lipinski definition) is 7. The number of esters is 1. The Morgan fingerprint density at radius 1 is 1.34 bits per heavy atom. The maximum atomic E-state index is 12.2. The maximum absolute atomic E-state index is 12.2. The lowest BCUT2D eigenvalue weighted by Gasteiger charge is -2.65. The molecule has 2 aliphatic heterocycles. The lowest BCUT2D eigenvalue weighted by molar-refractivity contribution is -0.203. The van der Waals surface area contributed by atoms with E-state index in [1.165, 1.54) is 5.56 Å². The molecule has 0 radical (unpaired) electrons. The van der Waals surface area contributed by atoms with E-state index in [0.29, 0.717) is 18.7 Å². The molecule has 4 aliphatic rings. The SMILES string of the molecule is CO[C@@]12CCC(NCCC(=O)OC(C)(C)C)[C@@H]3Oc4c(O)ccc5c4[C@@]31CCN(C)C2C5. The molecule has 176 valence electrons. The number of carbonyl (C=O) groups is 1. The monoisotopic (exact) mass is 444 g/mol. The van der Waals surface area contributed by atoms with Gasteiger partial charge in [-0.15, -0.1) is 0 Å². The van der Waals surface area contributed by atoms with E-state index in [9.17, 15) is 9.90 Å². The van der Waals surface area contributed by atoms with Crippen molar-refractivity contribution in [3.05, 3.63) is 23.3 Å². The third-order valence-corrected chi connectivity index (χ3v) is 8.21. The van der Waals surface area contributed by atoms with Crippen LogP contribution >= 0.6 is 0 Å². The van der Waals surface area contributed by atoms with Crippen LogP contribution in [0.2, 0.25) is 0 Å². The highest BCUT2D eigenvalue weighted by molar-refractivity contribution is 5.70. The average molecular weight is 445 g/mol. The van der Waals surface area contributed by atoms with Crippen LogP contribution in [0.5, 0.6) is 11.5 Å². The highest BCUT2D eigenvalue weighted by atomic mass is 16.6. The van der Waals surface area contributed by atoms with Crippen LogP contribution in [0.25, 0.3) is 0 Å². The Kier molecular flexibility index (Phi) is 5.04. The van der Waals surface area contributed by atoms with Gasteiger partial charge in [0, 0.05) is 31.3 Å². The van der Waals surface area contributed by atoms with Crippen molar-refractivity contribution in [1.82, 2.24) is 10.2 Å². The summed E-state index contributed by atoms with van der Waals surface area (Å²) in [6.45, 7) is 7.16. The molecular weight excluding hydrogens is 408 g/mol. The fourth-order valence-corrected chi connectivity index (χ4v) is 7.10. The Bertz CT molecular complexity index is 928. The summed E-state index contributed by atoms with van der Waals surface area (Å²) in [6.07, 6.45) is 3.80. The van der Waals surface area contributed by atoms with Crippen molar-refractivity contribution in [3.8, 4) is 11.5 Å². The van der Waals surface area contributed by atoms with Gasteiger partial charge in [-0.2, -0.15) is 0 Å². The summed E-state index contributed by atoms with van der Waals surface area (Å²) >= 11 is 0. The van der Waals surface area contributed by atoms with Gasteiger partial charge in [0.2, 0.25) is 0 Å². The fraction of sp³-hybridized carbons (Fsp3) is 0.720. The molecule has 1 aromatic carbocycles. The zero-order valence-electron chi connectivity index (χ0n) is 19.9. The predicted molar refractivity (Wildman–Crippen MR) is 120 cm³/mol. The average Bonchev–Trinajstić information content (AvgIpc) is 3.08. The quantitative estimate of drug-likeness (QED) is 0.676. The summed E-state index contributed by atoms with van der Waals surface area (Å²) in [4.78, 5) is 14.7. The molecule has 1 saturated carbocycles. The van der Waals surface area contributed by atoms with E-state index in [2.05, 4.69) is 23.3 Å². The molecule has 5 rings (SSSR count). The minimum absolute atomic E-state index is 0.0718. The molecule has 1 saturated heterocycles. The van der Waals surface area contributed by atoms with E-state index >= 15 is 0 Å². The summed E-state index contributed by atoms with van der Waals surface area (Å²) in [5.74, 6) is 0.651. The number of phenolic OH excluding ortho intramolecular Hbond substituents is 1. The van der Waals surface area contributed by atoms with Crippen molar-refractivity contribution < 1.29 is 24.1 Å². The van der Waals surface area contributed by atoms with Crippen molar-refractivity contribution >= 4 is 5.97 Å². The van der Waals surface area contributed by atoms with Gasteiger partial charge in [-0.25, -0.2) is 0 Å². The van der Waals surface area contributed by atoms with Crippen LogP contribution in [0.4, 0.5) is 0 Å². The van der Waals surface area contributed by atoms with Crippen LogP contribution in [0.15, 0.2) is 12.1 Å². The summed E-state index contributed by atoms with van der Waals surface area (Å²) in [6, 6.07) is 4.18. The molecule has 0 aromatic heterocycles. The number of likely N-dealkylation sites (tertiary alicyclic amines) is 1. The molecular formula is C25H36N2O5. The lowest BCUT2D eigenvalue weighted by atomic mass is 9.48. The van der Waals surface area contributed by atoms with E-state index in [1.54, 1.807) is 6.07 Å². The molecule has 5 atom stereocenters. The lowest BCUT2D eigenvalue weighted by Crippen LogP contribution is -2.78. The van der Waals surface area contributed by atoms with Crippen LogP contribution in [0.1, 0.15) is 57.6 Å². The van der Waals surface area contributed by atoms with Gasteiger partial charge in [0.1, 0.15) is 11.7 Å². The van der Waals surface area contributed by atoms with Crippen molar-refractivity contribution in [3.63, 3.8) is 0 Å². The fourth-order valence-electron chi connectivity index (χ4n) is 7.10. The maximum Gasteiger partial charge on any atom is 0.307 e. The van der Waals surface area contributed by atoms with Crippen LogP contribution in [0.3, 0.4) is 0 Å². The summed E-state index contributed by atoms with van der Waals surface area (Å²) in [5.41, 5.74) is 1.29. The number of phenols is 1. The molecule has 1 aromatic rings. The van der Waals surface area contributed by atoms with Crippen molar-refractivity contribution in [2.45, 2.75) is 87.7 Å².